The number of nitriles is 1. The molecule has 1 fully saturated rings. The van der Waals surface area contributed by atoms with Crippen LogP contribution in [-0.4, -0.2) is 29.3 Å². The summed E-state index contributed by atoms with van der Waals surface area (Å²) in [5, 5.41) is 14.0. The van der Waals surface area contributed by atoms with Gasteiger partial charge in [0.05, 0.1) is 11.6 Å². The summed E-state index contributed by atoms with van der Waals surface area (Å²) in [4.78, 5) is 38.0. The summed E-state index contributed by atoms with van der Waals surface area (Å²) in [6.45, 7) is 0.989. The van der Waals surface area contributed by atoms with Crippen molar-refractivity contribution in [3.05, 3.63) is 65.5 Å². The van der Waals surface area contributed by atoms with E-state index in [-0.39, 0.29) is 5.69 Å². The molecule has 0 aromatic heterocycles. The quantitative estimate of drug-likeness (QED) is 0.809. The van der Waals surface area contributed by atoms with Gasteiger partial charge in [0, 0.05) is 5.69 Å². The second-order valence-electron chi connectivity index (χ2n) is 6.20. The van der Waals surface area contributed by atoms with Crippen molar-refractivity contribution in [2.24, 2.45) is 0 Å². The van der Waals surface area contributed by atoms with Crippen LogP contribution in [0.15, 0.2) is 48.5 Å². The van der Waals surface area contributed by atoms with Crippen molar-refractivity contribution >= 4 is 23.5 Å². The lowest BCUT2D eigenvalue weighted by Crippen LogP contribution is -2.42. The number of anilines is 1. The zero-order valence-electron chi connectivity index (χ0n) is 14.3. The van der Waals surface area contributed by atoms with Crippen LogP contribution in [0.3, 0.4) is 0 Å². The molecule has 8 heteroatoms. The highest BCUT2D eigenvalue weighted by atomic mass is 19.1. The molecule has 1 heterocycles. The van der Waals surface area contributed by atoms with Crippen LogP contribution in [0.4, 0.5) is 14.9 Å². The number of nitrogens with zero attached hydrogens (tertiary/aromatic N) is 2. The predicted molar refractivity (Wildman–Crippen MR) is 93.8 cm³/mol. The summed E-state index contributed by atoms with van der Waals surface area (Å²) in [5.41, 5.74) is -0.383. The fourth-order valence-corrected chi connectivity index (χ4v) is 2.85. The third-order valence-corrected chi connectivity index (χ3v) is 4.25. The van der Waals surface area contributed by atoms with E-state index in [1.807, 2.05) is 6.07 Å². The molecule has 3 rings (SSSR count). The Morgan fingerprint density at radius 1 is 1.26 bits per heavy atom. The van der Waals surface area contributed by atoms with Crippen molar-refractivity contribution in [1.29, 1.82) is 5.26 Å². The van der Waals surface area contributed by atoms with E-state index in [1.54, 1.807) is 18.2 Å². The number of urea groups is 1. The predicted octanol–water partition coefficient (Wildman–Crippen LogP) is 2.10. The van der Waals surface area contributed by atoms with Crippen molar-refractivity contribution in [3.63, 3.8) is 0 Å². The van der Waals surface area contributed by atoms with Gasteiger partial charge in [-0.15, -0.1) is 0 Å². The summed E-state index contributed by atoms with van der Waals surface area (Å²) < 4.78 is 13.2. The van der Waals surface area contributed by atoms with E-state index in [2.05, 4.69) is 10.6 Å². The zero-order valence-corrected chi connectivity index (χ0v) is 14.3. The molecule has 1 aliphatic rings. The smallest absolute Gasteiger partial charge is 0.324 e. The van der Waals surface area contributed by atoms with Gasteiger partial charge in [-0.05, 0) is 42.8 Å². The lowest BCUT2D eigenvalue weighted by atomic mass is 9.91. The van der Waals surface area contributed by atoms with E-state index in [1.165, 1.54) is 31.2 Å². The first-order valence-corrected chi connectivity index (χ1v) is 8.03. The van der Waals surface area contributed by atoms with Crippen LogP contribution in [0.25, 0.3) is 0 Å². The molecule has 7 nitrogen and oxygen atoms in total. The number of carbonyl (C=O) groups is 3. The lowest BCUT2D eigenvalue weighted by Gasteiger charge is -2.22. The first-order chi connectivity index (χ1) is 12.8. The maximum absolute atomic E-state index is 13.2. The van der Waals surface area contributed by atoms with Crippen LogP contribution in [0, 0.1) is 17.1 Å². The van der Waals surface area contributed by atoms with Crippen molar-refractivity contribution < 1.29 is 18.8 Å². The molecule has 136 valence electrons. The Bertz CT molecular complexity index is 985. The van der Waals surface area contributed by atoms with E-state index in [0.717, 1.165) is 11.0 Å². The van der Waals surface area contributed by atoms with Gasteiger partial charge in [-0.3, -0.25) is 14.5 Å². The first-order valence-electron chi connectivity index (χ1n) is 8.03. The van der Waals surface area contributed by atoms with E-state index in [9.17, 15) is 18.8 Å². The monoisotopic (exact) mass is 366 g/mol. The number of halogens is 1. The van der Waals surface area contributed by atoms with Gasteiger partial charge in [-0.1, -0.05) is 18.2 Å². The molecule has 0 radical (unpaired) electrons. The van der Waals surface area contributed by atoms with Crippen LogP contribution < -0.4 is 10.6 Å². The average molecular weight is 366 g/mol. The van der Waals surface area contributed by atoms with Crippen LogP contribution >= 0.6 is 0 Å². The topological polar surface area (TPSA) is 102 Å². The van der Waals surface area contributed by atoms with Crippen LogP contribution in [0.1, 0.15) is 18.1 Å². The van der Waals surface area contributed by atoms with Gasteiger partial charge >= 0.3 is 6.03 Å². The Balaban J connectivity index is 1.77. The normalized spacial score (nSPS) is 18.8. The summed E-state index contributed by atoms with van der Waals surface area (Å²) in [7, 11) is 0. The maximum Gasteiger partial charge on any atom is 0.325 e. The molecule has 1 atom stereocenters. The Hall–Kier alpha value is -3.73. The van der Waals surface area contributed by atoms with Crippen molar-refractivity contribution in [2.75, 3.05) is 11.9 Å². The SMILES string of the molecule is CC1(c2cccc(C#N)c2)NC(=O)N(CC(=O)Nc2cccc(F)c2)C1=O. The standard InChI is InChI=1S/C19H15FN4O3/c1-19(13-5-2-4-12(8-13)10-21)17(26)24(18(27)23-19)11-16(25)22-15-7-3-6-14(20)9-15/h2-9H,11H2,1H3,(H,22,25)(H,23,27). The minimum Gasteiger partial charge on any atom is -0.324 e. The van der Waals surface area contributed by atoms with Crippen molar-refractivity contribution in [1.82, 2.24) is 10.2 Å². The third-order valence-electron chi connectivity index (χ3n) is 4.25. The van der Waals surface area contributed by atoms with E-state index < -0.39 is 35.7 Å². The third kappa shape index (κ3) is 3.48. The second kappa shape index (κ2) is 6.88. The molecule has 0 aliphatic carbocycles. The molecular weight excluding hydrogens is 351 g/mol. The average Bonchev–Trinajstić information content (AvgIpc) is 2.86. The maximum atomic E-state index is 13.2. The Kier molecular flexibility index (Phi) is 4.60. The highest BCUT2D eigenvalue weighted by Crippen LogP contribution is 2.29. The van der Waals surface area contributed by atoms with Gasteiger partial charge < -0.3 is 10.6 Å². The fourth-order valence-electron chi connectivity index (χ4n) is 2.85. The van der Waals surface area contributed by atoms with Gasteiger partial charge in [0.25, 0.3) is 5.91 Å². The van der Waals surface area contributed by atoms with Crippen LogP contribution in [0.5, 0.6) is 0 Å². The van der Waals surface area contributed by atoms with E-state index in [0.29, 0.717) is 11.1 Å². The minimum absolute atomic E-state index is 0.219. The summed E-state index contributed by atoms with van der Waals surface area (Å²) in [6, 6.07) is 12.8. The highest BCUT2D eigenvalue weighted by molar-refractivity contribution is 6.10. The van der Waals surface area contributed by atoms with Gasteiger partial charge in [0.2, 0.25) is 5.91 Å². The summed E-state index contributed by atoms with van der Waals surface area (Å²) >= 11 is 0. The van der Waals surface area contributed by atoms with Gasteiger partial charge in [0.15, 0.2) is 0 Å². The number of hydrogen-bond acceptors (Lipinski definition) is 4. The van der Waals surface area contributed by atoms with E-state index in [4.69, 9.17) is 5.26 Å². The van der Waals surface area contributed by atoms with Gasteiger partial charge in [0.1, 0.15) is 17.9 Å². The number of nitrogens with one attached hydrogen (secondary N) is 2. The molecule has 1 unspecified atom stereocenters. The van der Waals surface area contributed by atoms with Gasteiger partial charge in [-0.2, -0.15) is 5.26 Å². The Labute approximate surface area is 154 Å². The summed E-state index contributed by atoms with van der Waals surface area (Å²) in [5.74, 6) is -1.77. The number of hydrogen-bond donors (Lipinski definition) is 2. The molecular formula is C19H15FN4O3. The van der Waals surface area contributed by atoms with Crippen molar-refractivity contribution in [2.45, 2.75) is 12.5 Å². The second-order valence-corrected chi connectivity index (χ2v) is 6.20. The molecule has 1 saturated heterocycles. The molecule has 2 N–H and O–H groups in total. The van der Waals surface area contributed by atoms with Crippen molar-refractivity contribution in [3.8, 4) is 6.07 Å². The van der Waals surface area contributed by atoms with Gasteiger partial charge in [-0.25, -0.2) is 9.18 Å². The Morgan fingerprint density at radius 2 is 2.00 bits per heavy atom. The molecule has 0 bridgehead atoms. The van der Waals surface area contributed by atoms with E-state index >= 15 is 0 Å². The molecule has 2 aromatic carbocycles. The summed E-state index contributed by atoms with van der Waals surface area (Å²) in [6.07, 6.45) is 0. The molecule has 2 aromatic rings. The van der Waals surface area contributed by atoms with Crippen LogP contribution in [0.2, 0.25) is 0 Å². The molecule has 27 heavy (non-hydrogen) atoms. The number of amides is 4. The number of rotatable bonds is 4. The molecule has 1 aliphatic heterocycles. The highest BCUT2D eigenvalue weighted by Gasteiger charge is 2.49. The fraction of sp³-hybridized carbons (Fsp3) is 0.158. The Morgan fingerprint density at radius 3 is 2.70 bits per heavy atom. The largest absolute Gasteiger partial charge is 0.325 e. The number of imide groups is 1. The molecule has 0 spiro atoms. The number of carbonyl (C=O) groups excluding carboxylic acids is 3. The zero-order chi connectivity index (χ0) is 19.6. The molecule has 4 amide bonds. The minimum atomic E-state index is -1.39. The first kappa shape index (κ1) is 18.1. The van der Waals surface area contributed by atoms with Crippen LogP contribution in [-0.2, 0) is 15.1 Å². The molecule has 0 saturated carbocycles. The number of benzene rings is 2. The lowest BCUT2D eigenvalue weighted by molar-refractivity contribution is -0.133.